The number of rotatable bonds is 6. The third-order valence-corrected chi connectivity index (χ3v) is 4.99. The minimum atomic E-state index is -4.53. The number of hydrogen-bond donors (Lipinski definition) is 1. The molecule has 0 saturated heterocycles. The SMILES string of the molecule is CC(NC(=O)CN(c1ccc(C(F)(F)F)cc1)S(C)(=O)=O)c1ccccc1. The van der Waals surface area contributed by atoms with Crippen molar-refractivity contribution in [1.82, 2.24) is 5.32 Å². The van der Waals surface area contributed by atoms with Crippen molar-refractivity contribution in [2.75, 3.05) is 17.1 Å². The molecule has 1 unspecified atom stereocenters. The van der Waals surface area contributed by atoms with Crippen LogP contribution in [-0.2, 0) is 21.0 Å². The predicted octanol–water partition coefficient (Wildman–Crippen LogP) is 3.35. The van der Waals surface area contributed by atoms with Crippen molar-refractivity contribution in [2.24, 2.45) is 0 Å². The van der Waals surface area contributed by atoms with Gasteiger partial charge in [0, 0.05) is 0 Å². The van der Waals surface area contributed by atoms with Gasteiger partial charge in [-0.05, 0) is 36.8 Å². The zero-order chi connectivity index (χ0) is 20.2. The normalized spacial score (nSPS) is 13.1. The summed E-state index contributed by atoms with van der Waals surface area (Å²) in [6.45, 7) is 1.21. The second kappa shape index (κ2) is 7.99. The summed E-state index contributed by atoms with van der Waals surface area (Å²) in [6.07, 6.45) is -3.64. The van der Waals surface area contributed by atoms with E-state index in [-0.39, 0.29) is 11.7 Å². The first-order chi connectivity index (χ1) is 12.5. The molecule has 2 rings (SSSR count). The van der Waals surface area contributed by atoms with Crippen LogP contribution in [0.15, 0.2) is 54.6 Å². The van der Waals surface area contributed by atoms with E-state index in [1.807, 2.05) is 30.3 Å². The molecule has 146 valence electrons. The van der Waals surface area contributed by atoms with E-state index >= 15 is 0 Å². The van der Waals surface area contributed by atoms with Crippen molar-refractivity contribution in [3.8, 4) is 0 Å². The summed E-state index contributed by atoms with van der Waals surface area (Å²) >= 11 is 0. The molecule has 9 heteroatoms. The molecule has 27 heavy (non-hydrogen) atoms. The number of anilines is 1. The fraction of sp³-hybridized carbons (Fsp3) is 0.278. The molecule has 0 aliphatic heterocycles. The van der Waals surface area contributed by atoms with Gasteiger partial charge in [-0.3, -0.25) is 9.10 Å². The van der Waals surface area contributed by atoms with Crippen LogP contribution in [0.2, 0.25) is 0 Å². The van der Waals surface area contributed by atoms with E-state index in [2.05, 4.69) is 5.32 Å². The maximum atomic E-state index is 12.7. The molecule has 0 aliphatic rings. The number of nitrogens with one attached hydrogen (secondary N) is 1. The number of alkyl halides is 3. The van der Waals surface area contributed by atoms with Crippen molar-refractivity contribution < 1.29 is 26.4 Å². The lowest BCUT2D eigenvalue weighted by atomic mass is 10.1. The van der Waals surface area contributed by atoms with E-state index in [1.165, 1.54) is 0 Å². The van der Waals surface area contributed by atoms with E-state index in [4.69, 9.17) is 0 Å². The highest BCUT2D eigenvalue weighted by Crippen LogP contribution is 2.31. The Morgan fingerprint density at radius 3 is 2.11 bits per heavy atom. The smallest absolute Gasteiger partial charge is 0.348 e. The van der Waals surface area contributed by atoms with Crippen LogP contribution in [0.25, 0.3) is 0 Å². The minimum Gasteiger partial charge on any atom is -0.348 e. The molecule has 0 spiro atoms. The maximum absolute atomic E-state index is 12.7. The number of halogens is 3. The molecule has 1 amide bonds. The highest BCUT2D eigenvalue weighted by atomic mass is 32.2. The van der Waals surface area contributed by atoms with Crippen LogP contribution in [0.4, 0.5) is 18.9 Å². The third kappa shape index (κ3) is 5.72. The Kier molecular flexibility index (Phi) is 6.15. The number of amides is 1. The lowest BCUT2D eigenvalue weighted by Gasteiger charge is -2.23. The topological polar surface area (TPSA) is 66.5 Å². The zero-order valence-corrected chi connectivity index (χ0v) is 15.5. The average Bonchev–Trinajstić information content (AvgIpc) is 2.59. The highest BCUT2D eigenvalue weighted by Gasteiger charge is 2.31. The molecular formula is C18H19F3N2O3S. The zero-order valence-electron chi connectivity index (χ0n) is 14.7. The molecule has 0 aromatic heterocycles. The van der Waals surface area contributed by atoms with Gasteiger partial charge in [-0.2, -0.15) is 13.2 Å². The van der Waals surface area contributed by atoms with Gasteiger partial charge in [0.05, 0.1) is 23.5 Å². The van der Waals surface area contributed by atoms with E-state index in [9.17, 15) is 26.4 Å². The Hall–Kier alpha value is -2.55. The first kappa shape index (κ1) is 20.8. The monoisotopic (exact) mass is 400 g/mol. The van der Waals surface area contributed by atoms with Crippen LogP contribution < -0.4 is 9.62 Å². The van der Waals surface area contributed by atoms with E-state index in [0.717, 1.165) is 40.4 Å². The van der Waals surface area contributed by atoms with Crippen LogP contribution >= 0.6 is 0 Å². The molecule has 0 heterocycles. The van der Waals surface area contributed by atoms with Gasteiger partial charge in [-0.15, -0.1) is 0 Å². The maximum Gasteiger partial charge on any atom is 0.416 e. The second-order valence-corrected chi connectivity index (χ2v) is 7.92. The number of hydrogen-bond acceptors (Lipinski definition) is 3. The van der Waals surface area contributed by atoms with Crippen molar-refractivity contribution in [2.45, 2.75) is 19.1 Å². The Balaban J connectivity index is 2.16. The Bertz CT molecular complexity index is 882. The number of benzene rings is 2. The molecule has 0 aliphatic carbocycles. The number of nitrogens with zero attached hydrogens (tertiary/aromatic N) is 1. The van der Waals surface area contributed by atoms with Gasteiger partial charge in [0.2, 0.25) is 15.9 Å². The molecule has 0 bridgehead atoms. The van der Waals surface area contributed by atoms with Crippen LogP contribution in [0.3, 0.4) is 0 Å². The summed E-state index contributed by atoms with van der Waals surface area (Å²) in [7, 11) is -3.87. The molecule has 2 aromatic rings. The van der Waals surface area contributed by atoms with E-state index in [0.29, 0.717) is 0 Å². The quantitative estimate of drug-likeness (QED) is 0.809. The van der Waals surface area contributed by atoms with Crippen molar-refractivity contribution in [1.29, 1.82) is 0 Å². The van der Waals surface area contributed by atoms with Gasteiger partial charge in [0.25, 0.3) is 0 Å². The number of carbonyl (C=O) groups excluding carboxylic acids is 1. The Morgan fingerprint density at radius 1 is 1.07 bits per heavy atom. The molecule has 0 radical (unpaired) electrons. The fourth-order valence-corrected chi connectivity index (χ4v) is 3.32. The Morgan fingerprint density at radius 2 is 1.63 bits per heavy atom. The lowest BCUT2D eigenvalue weighted by molar-refractivity contribution is -0.137. The van der Waals surface area contributed by atoms with Crippen LogP contribution in [-0.4, -0.2) is 27.1 Å². The summed E-state index contributed by atoms with van der Waals surface area (Å²) < 4.78 is 62.8. The van der Waals surface area contributed by atoms with Crippen molar-refractivity contribution in [3.63, 3.8) is 0 Å². The number of sulfonamides is 1. The summed E-state index contributed by atoms with van der Waals surface area (Å²) in [5.74, 6) is -0.573. The van der Waals surface area contributed by atoms with Gasteiger partial charge in [-0.25, -0.2) is 8.42 Å². The molecule has 1 atom stereocenters. The highest BCUT2D eigenvalue weighted by molar-refractivity contribution is 7.92. The first-order valence-corrected chi connectivity index (χ1v) is 9.82. The summed E-state index contributed by atoms with van der Waals surface area (Å²) in [6, 6.07) is 12.3. The molecule has 0 saturated carbocycles. The summed E-state index contributed by atoms with van der Waals surface area (Å²) in [5, 5.41) is 2.68. The molecule has 1 N–H and O–H groups in total. The molecule has 5 nitrogen and oxygen atoms in total. The lowest BCUT2D eigenvalue weighted by Crippen LogP contribution is -2.41. The molecule has 0 fully saturated rings. The van der Waals surface area contributed by atoms with Crippen molar-refractivity contribution in [3.05, 3.63) is 65.7 Å². The summed E-state index contributed by atoms with van der Waals surface area (Å²) in [5.41, 5.74) is -0.0823. The van der Waals surface area contributed by atoms with Gasteiger partial charge in [0.1, 0.15) is 6.54 Å². The molecule has 2 aromatic carbocycles. The number of carbonyl (C=O) groups is 1. The standard InChI is InChI=1S/C18H19F3N2O3S/c1-13(14-6-4-3-5-7-14)22-17(24)12-23(27(2,25)26)16-10-8-15(9-11-16)18(19,20)21/h3-11,13H,12H2,1-2H3,(H,22,24). The first-order valence-electron chi connectivity index (χ1n) is 7.98. The summed E-state index contributed by atoms with van der Waals surface area (Å²) in [4.78, 5) is 12.3. The minimum absolute atomic E-state index is 0.0204. The van der Waals surface area contributed by atoms with Crippen LogP contribution in [0.5, 0.6) is 0 Å². The molecular weight excluding hydrogens is 381 g/mol. The van der Waals surface area contributed by atoms with Crippen LogP contribution in [0, 0.1) is 0 Å². The largest absolute Gasteiger partial charge is 0.416 e. The van der Waals surface area contributed by atoms with E-state index in [1.54, 1.807) is 6.92 Å². The van der Waals surface area contributed by atoms with Gasteiger partial charge >= 0.3 is 6.18 Å². The van der Waals surface area contributed by atoms with Crippen LogP contribution in [0.1, 0.15) is 24.1 Å². The third-order valence-electron chi connectivity index (χ3n) is 3.85. The van der Waals surface area contributed by atoms with Gasteiger partial charge in [0.15, 0.2) is 0 Å². The average molecular weight is 400 g/mol. The van der Waals surface area contributed by atoms with Gasteiger partial charge in [-0.1, -0.05) is 30.3 Å². The second-order valence-electron chi connectivity index (χ2n) is 6.01. The van der Waals surface area contributed by atoms with Gasteiger partial charge < -0.3 is 5.32 Å². The Labute approximate surface area is 155 Å². The van der Waals surface area contributed by atoms with E-state index < -0.39 is 34.2 Å². The van der Waals surface area contributed by atoms with Crippen molar-refractivity contribution >= 4 is 21.6 Å². The fourth-order valence-electron chi connectivity index (χ4n) is 2.46. The predicted molar refractivity (Wildman–Crippen MR) is 96.6 cm³/mol.